The normalized spacial score (nSPS) is 15.8. The van der Waals surface area contributed by atoms with E-state index in [1.807, 2.05) is 38.1 Å². The van der Waals surface area contributed by atoms with Crippen molar-refractivity contribution in [2.75, 3.05) is 6.61 Å². The summed E-state index contributed by atoms with van der Waals surface area (Å²) in [6.07, 6.45) is 7.10. The average Bonchev–Trinajstić information content (AvgIpc) is 2.73. The lowest BCUT2D eigenvalue weighted by Crippen LogP contribution is -2.28. The lowest BCUT2D eigenvalue weighted by molar-refractivity contribution is -0.145. The summed E-state index contributed by atoms with van der Waals surface area (Å²) in [5.41, 5.74) is 2.35. The Balaban J connectivity index is 1.86. The SMILES string of the molecule is C=C1C=CC(OC(=O)CCOC(Oc2ccc(C(CC(C)C)C(C)C)cc2)C(C)C)=CC1. The third kappa shape index (κ3) is 8.66. The van der Waals surface area contributed by atoms with Gasteiger partial charge in [-0.15, -0.1) is 0 Å². The smallest absolute Gasteiger partial charge is 0.313 e. The minimum atomic E-state index is -0.428. The molecule has 2 unspecified atom stereocenters. The van der Waals surface area contributed by atoms with E-state index < -0.39 is 6.29 Å². The fourth-order valence-corrected chi connectivity index (χ4v) is 3.68. The first-order valence-electron chi connectivity index (χ1n) is 11.8. The maximum absolute atomic E-state index is 12.1. The lowest BCUT2D eigenvalue weighted by atomic mass is 9.82. The van der Waals surface area contributed by atoms with Gasteiger partial charge in [0, 0.05) is 5.92 Å². The monoisotopic (exact) mass is 440 g/mol. The highest BCUT2D eigenvalue weighted by Gasteiger charge is 2.20. The molecule has 0 bridgehead atoms. The molecular weight excluding hydrogens is 400 g/mol. The Bertz CT molecular complexity index is 799. The van der Waals surface area contributed by atoms with Gasteiger partial charge in [0.25, 0.3) is 0 Å². The summed E-state index contributed by atoms with van der Waals surface area (Å²) in [4.78, 5) is 12.1. The van der Waals surface area contributed by atoms with Crippen molar-refractivity contribution in [1.29, 1.82) is 0 Å². The predicted octanol–water partition coefficient (Wildman–Crippen LogP) is 7.18. The summed E-state index contributed by atoms with van der Waals surface area (Å²) in [5.74, 6) is 2.97. The predicted molar refractivity (Wildman–Crippen MR) is 130 cm³/mol. The molecular formula is C28H40O4. The van der Waals surface area contributed by atoms with Crippen LogP contribution in [0.25, 0.3) is 0 Å². The first kappa shape index (κ1) is 25.9. The van der Waals surface area contributed by atoms with E-state index >= 15 is 0 Å². The Morgan fingerprint density at radius 1 is 1.00 bits per heavy atom. The highest BCUT2D eigenvalue weighted by atomic mass is 16.7. The maximum atomic E-state index is 12.1. The van der Waals surface area contributed by atoms with Crippen molar-refractivity contribution in [2.45, 2.75) is 73.0 Å². The van der Waals surface area contributed by atoms with E-state index in [2.05, 4.69) is 46.4 Å². The Morgan fingerprint density at radius 3 is 2.22 bits per heavy atom. The minimum Gasteiger partial charge on any atom is -0.465 e. The largest absolute Gasteiger partial charge is 0.465 e. The zero-order chi connectivity index (χ0) is 23.7. The van der Waals surface area contributed by atoms with E-state index in [9.17, 15) is 4.79 Å². The highest BCUT2D eigenvalue weighted by molar-refractivity contribution is 5.71. The molecule has 0 amide bonds. The summed E-state index contributed by atoms with van der Waals surface area (Å²) in [6, 6.07) is 8.37. The number of rotatable bonds is 12. The van der Waals surface area contributed by atoms with Crippen LogP contribution < -0.4 is 4.74 Å². The molecule has 1 aliphatic carbocycles. The second-order valence-corrected chi connectivity index (χ2v) is 9.68. The molecule has 2 rings (SSSR count). The third-order valence-corrected chi connectivity index (χ3v) is 5.50. The van der Waals surface area contributed by atoms with Crippen LogP contribution in [0.15, 0.2) is 60.4 Å². The van der Waals surface area contributed by atoms with Gasteiger partial charge in [-0.3, -0.25) is 4.79 Å². The van der Waals surface area contributed by atoms with Crippen LogP contribution >= 0.6 is 0 Å². The number of benzene rings is 1. The van der Waals surface area contributed by atoms with Gasteiger partial charge in [0.2, 0.25) is 6.29 Å². The molecule has 2 atom stereocenters. The Hall–Kier alpha value is -2.33. The fourth-order valence-electron chi connectivity index (χ4n) is 3.68. The Labute approximate surface area is 194 Å². The Morgan fingerprint density at radius 2 is 1.69 bits per heavy atom. The zero-order valence-electron chi connectivity index (χ0n) is 20.6. The van der Waals surface area contributed by atoms with Crippen molar-refractivity contribution in [2.24, 2.45) is 17.8 Å². The molecule has 32 heavy (non-hydrogen) atoms. The molecule has 1 aromatic rings. The number of hydrogen-bond donors (Lipinski definition) is 0. The molecule has 0 aliphatic heterocycles. The third-order valence-electron chi connectivity index (χ3n) is 5.50. The Kier molecular flexibility index (Phi) is 10.2. The van der Waals surface area contributed by atoms with Crippen LogP contribution in [0.1, 0.15) is 72.3 Å². The van der Waals surface area contributed by atoms with Gasteiger partial charge in [-0.25, -0.2) is 0 Å². The summed E-state index contributed by atoms with van der Waals surface area (Å²) in [5, 5.41) is 0. The van der Waals surface area contributed by atoms with Crippen molar-refractivity contribution in [3.8, 4) is 5.75 Å². The quantitative estimate of drug-likeness (QED) is 0.255. The van der Waals surface area contributed by atoms with Gasteiger partial charge in [-0.05, 0) is 60.4 Å². The second kappa shape index (κ2) is 12.6. The van der Waals surface area contributed by atoms with Crippen molar-refractivity contribution in [3.05, 3.63) is 66.0 Å². The molecule has 1 aliphatic rings. The standard InChI is InChI=1S/C28H40O4/c1-19(2)18-26(20(3)4)23-10-14-25(15-11-23)32-28(21(5)6)30-17-16-27(29)31-24-12-8-22(7)9-13-24/h8,10-15,19-21,26,28H,7,9,16-18H2,1-6H3. The molecule has 176 valence electrons. The van der Waals surface area contributed by atoms with E-state index in [-0.39, 0.29) is 24.9 Å². The van der Waals surface area contributed by atoms with E-state index in [1.165, 1.54) is 12.0 Å². The molecule has 0 aromatic heterocycles. The van der Waals surface area contributed by atoms with Crippen molar-refractivity contribution < 1.29 is 19.0 Å². The number of ether oxygens (including phenoxy) is 3. The van der Waals surface area contributed by atoms with Crippen LogP contribution in [0.3, 0.4) is 0 Å². The first-order valence-corrected chi connectivity index (χ1v) is 11.8. The average molecular weight is 441 g/mol. The lowest BCUT2D eigenvalue weighted by Gasteiger charge is -2.25. The van der Waals surface area contributed by atoms with E-state index in [4.69, 9.17) is 14.2 Å². The minimum absolute atomic E-state index is 0.144. The summed E-state index contributed by atoms with van der Waals surface area (Å²) >= 11 is 0. The van der Waals surface area contributed by atoms with Gasteiger partial charge in [-0.2, -0.15) is 0 Å². The van der Waals surface area contributed by atoms with Crippen molar-refractivity contribution in [1.82, 2.24) is 0 Å². The highest BCUT2D eigenvalue weighted by Crippen LogP contribution is 2.32. The van der Waals surface area contributed by atoms with Gasteiger partial charge >= 0.3 is 5.97 Å². The van der Waals surface area contributed by atoms with Gasteiger partial charge in [-0.1, -0.05) is 71.9 Å². The molecule has 0 heterocycles. The molecule has 0 N–H and O–H groups in total. The van der Waals surface area contributed by atoms with E-state index in [1.54, 1.807) is 6.08 Å². The van der Waals surface area contributed by atoms with Crippen molar-refractivity contribution in [3.63, 3.8) is 0 Å². The van der Waals surface area contributed by atoms with E-state index in [0.29, 0.717) is 29.9 Å². The maximum Gasteiger partial charge on any atom is 0.313 e. The molecule has 0 radical (unpaired) electrons. The van der Waals surface area contributed by atoms with Crippen LogP contribution in [0, 0.1) is 17.8 Å². The number of carbonyl (C=O) groups excluding carboxylic acids is 1. The summed E-state index contributed by atoms with van der Waals surface area (Å²) in [6.45, 7) is 17.3. The van der Waals surface area contributed by atoms with Gasteiger partial charge in [0.1, 0.15) is 11.5 Å². The molecule has 0 spiro atoms. The van der Waals surface area contributed by atoms with Gasteiger partial charge < -0.3 is 14.2 Å². The van der Waals surface area contributed by atoms with Crippen LogP contribution in [0.5, 0.6) is 5.75 Å². The van der Waals surface area contributed by atoms with Gasteiger partial charge in [0.15, 0.2) is 0 Å². The molecule has 0 saturated heterocycles. The molecule has 4 nitrogen and oxygen atoms in total. The summed E-state index contributed by atoms with van der Waals surface area (Å²) < 4.78 is 17.3. The van der Waals surface area contributed by atoms with Crippen LogP contribution in [0.4, 0.5) is 0 Å². The molecule has 0 fully saturated rings. The fraction of sp³-hybridized carbons (Fsp3) is 0.536. The molecule has 1 aromatic carbocycles. The van der Waals surface area contributed by atoms with E-state index in [0.717, 1.165) is 11.3 Å². The number of hydrogen-bond acceptors (Lipinski definition) is 4. The zero-order valence-corrected chi connectivity index (χ0v) is 20.6. The number of esters is 1. The topological polar surface area (TPSA) is 44.8 Å². The number of carbonyl (C=O) groups is 1. The molecule has 0 saturated carbocycles. The number of allylic oxidation sites excluding steroid dienone is 4. The van der Waals surface area contributed by atoms with Crippen LogP contribution in [-0.4, -0.2) is 18.9 Å². The van der Waals surface area contributed by atoms with Crippen LogP contribution in [0.2, 0.25) is 0 Å². The molecule has 4 heteroatoms. The van der Waals surface area contributed by atoms with Crippen LogP contribution in [-0.2, 0) is 14.3 Å². The second-order valence-electron chi connectivity index (χ2n) is 9.68. The van der Waals surface area contributed by atoms with Gasteiger partial charge in [0.05, 0.1) is 13.0 Å². The summed E-state index contributed by atoms with van der Waals surface area (Å²) in [7, 11) is 0. The van der Waals surface area contributed by atoms with Crippen molar-refractivity contribution >= 4 is 5.97 Å². The first-order chi connectivity index (χ1) is 15.2.